The van der Waals surface area contributed by atoms with Crippen LogP contribution in [0.1, 0.15) is 389 Å². The molecule has 0 spiro atoms. The number of ether oxygens (including phenoxy) is 4. The highest BCUT2D eigenvalue weighted by atomic mass is 31.2. The average Bonchev–Trinajstić information content (AvgIpc) is 1.54. The Morgan fingerprint density at radius 2 is 0.537 bits per heavy atom. The predicted octanol–water partition coefficient (Wildman–Crippen LogP) is 22.2. The largest absolute Gasteiger partial charge is 0.472 e. The molecular formula is C76H148O17P2. The van der Waals surface area contributed by atoms with Crippen molar-refractivity contribution in [1.29, 1.82) is 0 Å². The number of carbonyl (C=O) groups is 4. The van der Waals surface area contributed by atoms with Crippen molar-refractivity contribution < 1.29 is 80.2 Å². The van der Waals surface area contributed by atoms with E-state index in [0.29, 0.717) is 31.6 Å². The number of phosphoric acid groups is 2. The summed E-state index contributed by atoms with van der Waals surface area (Å²) in [4.78, 5) is 72.8. The standard InChI is InChI=1S/C76H148O17P2/c1-8-10-11-12-13-14-15-16-17-18-19-22-26-29-37-45-52-59-75(80)92-71(63-86-73(78)57-50-43-36-28-25-23-20-21-24-27-33-40-47-54-67(3)4)65-90-94(82,83)88-61-70(77)62-89-95(84,85)91-66-72(64-87-74(79)58-51-44-39-32-34-41-48-55-68(5)6)93-76(81)60-53-46-38-31-30-35-42-49-56-69(7)9-2/h67-72,77H,8-66H2,1-7H3,(H,82,83)(H,84,85)/t69?,70-,71-,72-/m1/s1. The van der Waals surface area contributed by atoms with Gasteiger partial charge in [-0.3, -0.25) is 37.3 Å². The van der Waals surface area contributed by atoms with Gasteiger partial charge in [0.05, 0.1) is 26.4 Å². The van der Waals surface area contributed by atoms with Gasteiger partial charge in [0.1, 0.15) is 19.3 Å². The highest BCUT2D eigenvalue weighted by Crippen LogP contribution is 2.45. The van der Waals surface area contributed by atoms with Crippen LogP contribution in [-0.4, -0.2) is 96.7 Å². The summed E-state index contributed by atoms with van der Waals surface area (Å²) in [5, 5.41) is 10.6. The molecule has 0 fully saturated rings. The van der Waals surface area contributed by atoms with Gasteiger partial charge in [0, 0.05) is 25.7 Å². The van der Waals surface area contributed by atoms with Gasteiger partial charge in [-0.1, -0.05) is 337 Å². The number of hydrogen-bond donors (Lipinski definition) is 3. The SMILES string of the molecule is CCCCCCCCCCCCCCCCCCCC(=O)O[C@H](COC(=O)CCCCCCCCCCCCCCCC(C)C)COP(=O)(O)OC[C@@H](O)COP(=O)(O)OC[C@@H](COC(=O)CCCCCCCCCC(C)C)OC(=O)CCCCCCCCCCC(C)CC. The zero-order chi connectivity index (χ0) is 70.1. The Bertz CT molecular complexity index is 1850. The van der Waals surface area contributed by atoms with E-state index >= 15 is 0 Å². The van der Waals surface area contributed by atoms with Crippen LogP contribution in [0.2, 0.25) is 0 Å². The van der Waals surface area contributed by atoms with E-state index < -0.39 is 97.5 Å². The zero-order valence-corrected chi connectivity index (χ0v) is 63.9. The quantitative estimate of drug-likeness (QED) is 0.0222. The van der Waals surface area contributed by atoms with Crippen molar-refractivity contribution in [3.8, 4) is 0 Å². The van der Waals surface area contributed by atoms with Crippen LogP contribution in [0.5, 0.6) is 0 Å². The van der Waals surface area contributed by atoms with Crippen LogP contribution in [0.15, 0.2) is 0 Å². The van der Waals surface area contributed by atoms with Crippen molar-refractivity contribution in [3.63, 3.8) is 0 Å². The fourth-order valence-corrected chi connectivity index (χ4v) is 13.1. The molecule has 0 aliphatic heterocycles. The van der Waals surface area contributed by atoms with Gasteiger partial charge >= 0.3 is 39.5 Å². The highest BCUT2D eigenvalue weighted by molar-refractivity contribution is 7.47. The van der Waals surface area contributed by atoms with E-state index in [9.17, 15) is 43.2 Å². The topological polar surface area (TPSA) is 237 Å². The molecule has 3 unspecified atom stereocenters. The first-order chi connectivity index (χ1) is 45.8. The molecule has 0 radical (unpaired) electrons. The second kappa shape index (κ2) is 66.6. The maximum Gasteiger partial charge on any atom is 0.472 e. The minimum Gasteiger partial charge on any atom is -0.462 e. The summed E-state index contributed by atoms with van der Waals surface area (Å²) in [7, 11) is -9.91. The average molecular weight is 1400 g/mol. The summed E-state index contributed by atoms with van der Waals surface area (Å²) in [6, 6.07) is 0. The minimum absolute atomic E-state index is 0.104. The van der Waals surface area contributed by atoms with Crippen LogP contribution in [-0.2, 0) is 65.4 Å². The van der Waals surface area contributed by atoms with Crippen molar-refractivity contribution in [3.05, 3.63) is 0 Å². The van der Waals surface area contributed by atoms with Gasteiger partial charge in [0.15, 0.2) is 12.2 Å². The third kappa shape index (κ3) is 69.0. The summed E-state index contributed by atoms with van der Waals surface area (Å²) in [5.74, 6) is 0.146. The maximum atomic E-state index is 13.1. The summed E-state index contributed by atoms with van der Waals surface area (Å²) in [5.41, 5.74) is 0. The molecule has 0 heterocycles. The molecule has 0 aliphatic rings. The van der Waals surface area contributed by atoms with Crippen LogP contribution in [0.25, 0.3) is 0 Å². The third-order valence-corrected chi connectivity index (χ3v) is 19.9. The highest BCUT2D eigenvalue weighted by Gasteiger charge is 2.30. The normalized spacial score (nSPS) is 14.4. The summed E-state index contributed by atoms with van der Waals surface area (Å²) < 4.78 is 68.5. The Hall–Kier alpha value is -1.94. The van der Waals surface area contributed by atoms with E-state index in [1.165, 1.54) is 193 Å². The van der Waals surface area contributed by atoms with Crippen LogP contribution >= 0.6 is 15.6 Å². The Morgan fingerprint density at radius 3 is 0.800 bits per heavy atom. The van der Waals surface area contributed by atoms with Gasteiger partial charge < -0.3 is 33.8 Å². The molecule has 3 N–H and O–H groups in total. The number of esters is 4. The number of phosphoric ester groups is 2. The molecule has 0 bridgehead atoms. The van der Waals surface area contributed by atoms with E-state index in [4.69, 9.17) is 37.0 Å². The predicted molar refractivity (Wildman–Crippen MR) is 386 cm³/mol. The fourth-order valence-electron chi connectivity index (χ4n) is 11.6. The molecule has 0 saturated heterocycles. The maximum absolute atomic E-state index is 13.1. The lowest BCUT2D eigenvalue weighted by Gasteiger charge is -2.21. The second-order valence-corrected chi connectivity index (χ2v) is 31.5. The van der Waals surface area contributed by atoms with Gasteiger partial charge in [-0.25, -0.2) is 9.13 Å². The molecule has 564 valence electrons. The molecule has 6 atom stereocenters. The van der Waals surface area contributed by atoms with E-state index in [-0.39, 0.29) is 25.7 Å². The Labute approximate surface area is 581 Å². The van der Waals surface area contributed by atoms with E-state index in [1.807, 2.05) is 0 Å². The third-order valence-electron chi connectivity index (χ3n) is 18.0. The van der Waals surface area contributed by atoms with Gasteiger partial charge in [-0.2, -0.15) is 0 Å². The number of carbonyl (C=O) groups excluding carboxylic acids is 4. The minimum atomic E-state index is -4.96. The fraction of sp³-hybridized carbons (Fsp3) is 0.947. The Morgan fingerprint density at radius 1 is 0.305 bits per heavy atom. The first kappa shape index (κ1) is 93.1. The molecule has 0 amide bonds. The molecule has 19 heteroatoms. The first-order valence-corrected chi connectivity index (χ1v) is 42.4. The molecule has 0 saturated carbocycles. The van der Waals surface area contributed by atoms with Crippen molar-refractivity contribution >= 4 is 39.5 Å². The van der Waals surface area contributed by atoms with E-state index in [0.717, 1.165) is 108 Å². The summed E-state index contributed by atoms with van der Waals surface area (Å²) in [6.45, 7) is 11.9. The van der Waals surface area contributed by atoms with Gasteiger partial charge in [-0.15, -0.1) is 0 Å². The van der Waals surface area contributed by atoms with E-state index in [1.54, 1.807) is 0 Å². The van der Waals surface area contributed by atoms with Crippen molar-refractivity contribution in [2.75, 3.05) is 39.6 Å². The molecule has 17 nitrogen and oxygen atoms in total. The Balaban J connectivity index is 5.25. The van der Waals surface area contributed by atoms with E-state index in [2.05, 4.69) is 48.5 Å². The molecule has 0 aromatic rings. The number of aliphatic hydroxyl groups excluding tert-OH is 1. The van der Waals surface area contributed by atoms with Crippen molar-refractivity contribution in [1.82, 2.24) is 0 Å². The lowest BCUT2D eigenvalue weighted by atomic mass is 9.99. The van der Waals surface area contributed by atoms with Gasteiger partial charge in [0.2, 0.25) is 0 Å². The van der Waals surface area contributed by atoms with Crippen LogP contribution in [0.4, 0.5) is 0 Å². The van der Waals surface area contributed by atoms with Crippen LogP contribution in [0, 0.1) is 17.8 Å². The molecule has 0 aliphatic carbocycles. The molecular weight excluding hydrogens is 1250 g/mol. The van der Waals surface area contributed by atoms with Crippen LogP contribution < -0.4 is 0 Å². The van der Waals surface area contributed by atoms with Gasteiger partial charge in [0.25, 0.3) is 0 Å². The Kier molecular flexibility index (Phi) is 65.2. The molecule has 95 heavy (non-hydrogen) atoms. The zero-order valence-electron chi connectivity index (χ0n) is 62.1. The second-order valence-electron chi connectivity index (χ2n) is 28.6. The van der Waals surface area contributed by atoms with Crippen molar-refractivity contribution in [2.24, 2.45) is 17.8 Å². The number of unbranched alkanes of at least 4 members (excludes halogenated alkanes) is 41. The molecule has 0 rings (SSSR count). The summed E-state index contributed by atoms with van der Waals surface area (Å²) >= 11 is 0. The first-order valence-electron chi connectivity index (χ1n) is 39.4. The lowest BCUT2D eigenvalue weighted by Crippen LogP contribution is -2.30. The van der Waals surface area contributed by atoms with Crippen molar-refractivity contribution in [2.45, 2.75) is 407 Å². The molecule has 0 aromatic carbocycles. The smallest absolute Gasteiger partial charge is 0.462 e. The van der Waals surface area contributed by atoms with Gasteiger partial charge in [-0.05, 0) is 43.4 Å². The number of rotatable bonds is 74. The van der Waals surface area contributed by atoms with Crippen LogP contribution in [0.3, 0.4) is 0 Å². The number of aliphatic hydroxyl groups is 1. The number of hydrogen-bond acceptors (Lipinski definition) is 15. The monoisotopic (exact) mass is 1400 g/mol. The summed E-state index contributed by atoms with van der Waals surface area (Å²) in [6.07, 6.45) is 52.7. The molecule has 0 aromatic heterocycles. The lowest BCUT2D eigenvalue weighted by molar-refractivity contribution is -0.161.